The molecule has 0 fully saturated rings. The van der Waals surface area contributed by atoms with Crippen LogP contribution in [0.4, 0.5) is 5.69 Å². The van der Waals surface area contributed by atoms with E-state index in [1.54, 1.807) is 12.1 Å². The first-order valence-corrected chi connectivity index (χ1v) is 6.21. The maximum absolute atomic E-state index is 11.2. The third-order valence-electron chi connectivity index (χ3n) is 2.86. The van der Waals surface area contributed by atoms with Gasteiger partial charge in [-0.1, -0.05) is 0 Å². The molecule has 0 unspecified atom stereocenters. The molecule has 0 aliphatic carbocycles. The van der Waals surface area contributed by atoms with E-state index in [9.17, 15) is 19.7 Å². The van der Waals surface area contributed by atoms with E-state index in [0.717, 1.165) is 5.56 Å². The number of aliphatic carboxylic acids is 1. The summed E-state index contributed by atoms with van der Waals surface area (Å²) in [5.41, 5.74) is 0.812. The number of carbonyl (C=O) groups is 2. The maximum atomic E-state index is 11.2. The van der Waals surface area contributed by atoms with Gasteiger partial charge in [-0.15, -0.1) is 0 Å². The Morgan fingerprint density at radius 1 is 1.05 bits per heavy atom. The number of ether oxygens (including phenoxy) is 1. The van der Waals surface area contributed by atoms with Crippen LogP contribution in [0.2, 0.25) is 0 Å². The number of ketones is 1. The quantitative estimate of drug-likeness (QED) is 0.380. The predicted octanol–water partition coefficient (Wildman–Crippen LogP) is 2.44. The molecule has 0 aliphatic rings. The van der Waals surface area contributed by atoms with Crippen LogP contribution in [0, 0.1) is 10.1 Å². The first kappa shape index (κ1) is 15.2. The lowest BCUT2D eigenvalue weighted by Gasteiger charge is -2.06. The van der Waals surface area contributed by atoms with Gasteiger partial charge in [0, 0.05) is 17.7 Å². The van der Waals surface area contributed by atoms with Gasteiger partial charge in [0.25, 0.3) is 11.5 Å². The molecule has 2 aromatic rings. The van der Waals surface area contributed by atoms with E-state index in [1.165, 1.54) is 36.4 Å². The zero-order valence-electron chi connectivity index (χ0n) is 11.3. The second-order valence-corrected chi connectivity index (χ2v) is 4.37. The average molecular weight is 301 g/mol. The number of hydrogen-bond donors (Lipinski definition) is 1. The highest BCUT2D eigenvalue weighted by Crippen LogP contribution is 2.16. The highest BCUT2D eigenvalue weighted by Gasteiger charge is 2.13. The fraction of sp³-hybridized carbons (Fsp3) is 0.0667. The molecule has 1 N–H and O–H groups in total. The van der Waals surface area contributed by atoms with Crippen molar-refractivity contribution in [1.82, 2.24) is 0 Å². The van der Waals surface area contributed by atoms with Gasteiger partial charge in [0.15, 0.2) is 0 Å². The summed E-state index contributed by atoms with van der Waals surface area (Å²) in [6.45, 7) is 0.199. The summed E-state index contributed by atoms with van der Waals surface area (Å²) in [6, 6.07) is 11.6. The molecule has 0 saturated carbocycles. The number of carboxylic acids is 1. The van der Waals surface area contributed by atoms with Crippen LogP contribution in [-0.4, -0.2) is 21.8 Å². The molecule has 0 aromatic heterocycles. The highest BCUT2D eigenvalue weighted by atomic mass is 16.6. The molecular weight excluding hydrogens is 290 g/mol. The molecule has 0 radical (unpaired) electrons. The van der Waals surface area contributed by atoms with Gasteiger partial charge in [0.2, 0.25) is 0 Å². The smallest absolute Gasteiger partial charge is 0.377 e. The van der Waals surface area contributed by atoms with Crippen molar-refractivity contribution in [2.45, 2.75) is 6.61 Å². The topological polar surface area (TPSA) is 107 Å². The molecule has 0 atom stereocenters. The summed E-state index contributed by atoms with van der Waals surface area (Å²) >= 11 is 0. The Labute approximate surface area is 124 Å². The van der Waals surface area contributed by atoms with Gasteiger partial charge in [-0.25, -0.2) is 4.79 Å². The molecule has 7 nitrogen and oxygen atoms in total. The largest absolute Gasteiger partial charge is 0.489 e. The molecule has 7 heteroatoms. The minimum absolute atomic E-state index is 0.000265. The number of rotatable bonds is 6. The number of carboxylic acid groups (broad SMARTS) is 1. The zero-order valence-corrected chi connectivity index (χ0v) is 11.3. The van der Waals surface area contributed by atoms with E-state index in [4.69, 9.17) is 9.84 Å². The van der Waals surface area contributed by atoms with E-state index in [-0.39, 0.29) is 17.9 Å². The van der Waals surface area contributed by atoms with Crippen molar-refractivity contribution in [2.75, 3.05) is 0 Å². The maximum Gasteiger partial charge on any atom is 0.377 e. The normalized spacial score (nSPS) is 10.0. The average Bonchev–Trinajstić information content (AvgIpc) is 2.53. The van der Waals surface area contributed by atoms with E-state index >= 15 is 0 Å². The van der Waals surface area contributed by atoms with Gasteiger partial charge < -0.3 is 9.84 Å². The Morgan fingerprint density at radius 3 is 2.14 bits per heavy atom. The fourth-order valence-corrected chi connectivity index (χ4v) is 1.71. The summed E-state index contributed by atoms with van der Waals surface area (Å²) in [4.78, 5) is 31.8. The summed E-state index contributed by atoms with van der Waals surface area (Å²) in [5.74, 6) is -2.04. The van der Waals surface area contributed by atoms with E-state index in [0.29, 0.717) is 5.75 Å². The fourth-order valence-electron chi connectivity index (χ4n) is 1.71. The van der Waals surface area contributed by atoms with Crippen LogP contribution in [-0.2, 0) is 11.4 Å². The van der Waals surface area contributed by atoms with Crippen LogP contribution in [0.3, 0.4) is 0 Å². The van der Waals surface area contributed by atoms with Crippen molar-refractivity contribution < 1.29 is 24.4 Å². The molecule has 0 amide bonds. The summed E-state index contributed by atoms with van der Waals surface area (Å²) in [5, 5.41) is 19.1. The van der Waals surface area contributed by atoms with Crippen LogP contribution < -0.4 is 4.74 Å². The van der Waals surface area contributed by atoms with Crippen LogP contribution >= 0.6 is 0 Å². The molecule has 0 spiro atoms. The molecule has 0 aliphatic heterocycles. The molecule has 2 rings (SSSR count). The number of benzene rings is 2. The molecular formula is C15H11NO6. The minimum atomic E-state index is -1.51. The number of Topliss-reactive ketones (excluding diaryl/α,β-unsaturated/α-hetero) is 1. The number of non-ortho nitro benzene ring substituents is 1. The van der Waals surface area contributed by atoms with Gasteiger partial charge >= 0.3 is 5.97 Å². The second-order valence-electron chi connectivity index (χ2n) is 4.37. The Morgan fingerprint density at radius 2 is 1.64 bits per heavy atom. The number of carbonyl (C=O) groups excluding carboxylic acids is 1. The Bertz CT molecular complexity index is 706. The van der Waals surface area contributed by atoms with E-state index in [1.807, 2.05) is 0 Å². The second kappa shape index (κ2) is 6.49. The third-order valence-corrected chi connectivity index (χ3v) is 2.86. The number of hydrogen-bond acceptors (Lipinski definition) is 5. The third kappa shape index (κ3) is 3.66. The van der Waals surface area contributed by atoms with E-state index in [2.05, 4.69) is 0 Å². The van der Waals surface area contributed by atoms with Crippen molar-refractivity contribution in [1.29, 1.82) is 0 Å². The van der Waals surface area contributed by atoms with Crippen LogP contribution in [0.5, 0.6) is 5.75 Å². The molecule has 22 heavy (non-hydrogen) atoms. The van der Waals surface area contributed by atoms with Gasteiger partial charge in [-0.2, -0.15) is 0 Å². The van der Waals surface area contributed by atoms with Gasteiger partial charge in [0.1, 0.15) is 12.4 Å². The number of nitro benzene ring substituents is 1. The van der Waals surface area contributed by atoms with Gasteiger partial charge in [0.05, 0.1) is 4.92 Å². The Kier molecular flexibility index (Phi) is 4.47. The number of nitro groups is 1. The van der Waals surface area contributed by atoms with Crippen molar-refractivity contribution in [3.8, 4) is 5.75 Å². The van der Waals surface area contributed by atoms with Crippen LogP contribution in [0.15, 0.2) is 48.5 Å². The lowest BCUT2D eigenvalue weighted by atomic mass is 10.1. The molecule has 0 heterocycles. The SMILES string of the molecule is O=C(O)C(=O)c1ccc(OCc2ccc([N+](=O)[O-])cc2)cc1. The standard InChI is InChI=1S/C15H11NO6/c17-14(15(18)19)11-3-7-13(8-4-11)22-9-10-1-5-12(6-2-10)16(20)21/h1-8H,9H2,(H,18,19). The zero-order chi connectivity index (χ0) is 16.1. The summed E-state index contributed by atoms with van der Waals surface area (Å²) < 4.78 is 5.46. The Hall–Kier alpha value is -3.22. The monoisotopic (exact) mass is 301 g/mol. The van der Waals surface area contributed by atoms with Crippen LogP contribution in [0.1, 0.15) is 15.9 Å². The molecule has 0 saturated heterocycles. The lowest BCUT2D eigenvalue weighted by molar-refractivity contribution is -0.384. The summed E-state index contributed by atoms with van der Waals surface area (Å²) in [6.07, 6.45) is 0. The van der Waals surface area contributed by atoms with Crippen molar-refractivity contribution in [3.05, 3.63) is 69.8 Å². The number of nitrogens with zero attached hydrogens (tertiary/aromatic N) is 1. The van der Waals surface area contributed by atoms with Crippen LogP contribution in [0.25, 0.3) is 0 Å². The van der Waals surface area contributed by atoms with Gasteiger partial charge in [-0.3, -0.25) is 14.9 Å². The predicted molar refractivity (Wildman–Crippen MR) is 75.8 cm³/mol. The van der Waals surface area contributed by atoms with E-state index < -0.39 is 16.7 Å². The first-order valence-electron chi connectivity index (χ1n) is 6.21. The van der Waals surface area contributed by atoms with Gasteiger partial charge in [-0.05, 0) is 42.0 Å². The molecule has 2 aromatic carbocycles. The van der Waals surface area contributed by atoms with Crippen molar-refractivity contribution in [3.63, 3.8) is 0 Å². The first-order chi connectivity index (χ1) is 10.5. The highest BCUT2D eigenvalue weighted by molar-refractivity contribution is 6.39. The molecule has 112 valence electrons. The minimum Gasteiger partial charge on any atom is -0.489 e. The lowest BCUT2D eigenvalue weighted by Crippen LogP contribution is -2.12. The summed E-state index contributed by atoms with van der Waals surface area (Å²) in [7, 11) is 0. The van der Waals surface area contributed by atoms with Crippen molar-refractivity contribution >= 4 is 17.4 Å². The Balaban J connectivity index is 1.98. The van der Waals surface area contributed by atoms with Crippen molar-refractivity contribution in [2.24, 2.45) is 0 Å². The molecule has 0 bridgehead atoms.